The molecule has 0 saturated carbocycles. The van der Waals surface area contributed by atoms with Crippen LogP contribution in [0.15, 0.2) is 18.2 Å². The highest BCUT2D eigenvalue weighted by molar-refractivity contribution is 5.41. The van der Waals surface area contributed by atoms with Crippen molar-refractivity contribution in [1.82, 2.24) is 0 Å². The van der Waals surface area contributed by atoms with Crippen molar-refractivity contribution in [3.05, 3.63) is 29.3 Å². The smallest absolute Gasteiger partial charge is 0.130 e. The first kappa shape index (κ1) is 13.0. The Bertz CT molecular complexity index is 286. The van der Waals surface area contributed by atoms with Gasteiger partial charge in [-0.05, 0) is 6.42 Å². The van der Waals surface area contributed by atoms with Crippen molar-refractivity contribution in [3.8, 4) is 5.75 Å². The fourth-order valence-corrected chi connectivity index (χ4v) is 1.57. The van der Waals surface area contributed by atoms with E-state index in [1.807, 2.05) is 18.2 Å². The molecule has 0 aromatic heterocycles. The number of methoxy groups -OCH3 is 2. The lowest BCUT2D eigenvalue weighted by atomic mass is 10.1. The van der Waals surface area contributed by atoms with Crippen molar-refractivity contribution >= 4 is 0 Å². The van der Waals surface area contributed by atoms with Crippen molar-refractivity contribution in [2.45, 2.75) is 26.6 Å². The van der Waals surface area contributed by atoms with Crippen molar-refractivity contribution < 1.29 is 14.2 Å². The van der Waals surface area contributed by atoms with Crippen LogP contribution in [0.25, 0.3) is 0 Å². The molecule has 90 valence electrons. The molecule has 1 aromatic carbocycles. The largest absolute Gasteiger partial charge is 0.493 e. The molecule has 0 bridgehead atoms. The average Bonchev–Trinajstić information content (AvgIpc) is 2.29. The number of hydrogen-bond acceptors (Lipinski definition) is 3. The van der Waals surface area contributed by atoms with E-state index < -0.39 is 0 Å². The van der Waals surface area contributed by atoms with Crippen molar-refractivity contribution in [1.29, 1.82) is 0 Å². The molecular weight excluding hydrogens is 204 g/mol. The zero-order valence-electron chi connectivity index (χ0n) is 10.3. The Morgan fingerprint density at radius 1 is 1.00 bits per heavy atom. The van der Waals surface area contributed by atoms with Crippen LogP contribution in [0.4, 0.5) is 0 Å². The maximum atomic E-state index is 5.76. The molecular formula is C13H20O3. The summed E-state index contributed by atoms with van der Waals surface area (Å²) in [7, 11) is 3.37. The molecule has 0 radical (unpaired) electrons. The zero-order chi connectivity index (χ0) is 11.8. The second-order valence-corrected chi connectivity index (χ2v) is 3.62. The monoisotopic (exact) mass is 224 g/mol. The maximum Gasteiger partial charge on any atom is 0.130 e. The first-order chi connectivity index (χ1) is 7.83. The van der Waals surface area contributed by atoms with E-state index in [0.717, 1.165) is 29.9 Å². The second kappa shape index (κ2) is 7.25. The number of rotatable bonds is 7. The van der Waals surface area contributed by atoms with E-state index in [0.29, 0.717) is 13.2 Å². The first-order valence-corrected chi connectivity index (χ1v) is 5.54. The molecule has 3 heteroatoms. The van der Waals surface area contributed by atoms with Crippen LogP contribution >= 0.6 is 0 Å². The minimum Gasteiger partial charge on any atom is -0.493 e. The lowest BCUT2D eigenvalue weighted by molar-refractivity contribution is 0.170. The summed E-state index contributed by atoms with van der Waals surface area (Å²) in [5.41, 5.74) is 2.15. The summed E-state index contributed by atoms with van der Waals surface area (Å²) >= 11 is 0. The van der Waals surface area contributed by atoms with Crippen LogP contribution in [-0.2, 0) is 22.7 Å². The minimum atomic E-state index is 0.566. The number of para-hydroxylation sites is 1. The normalized spacial score (nSPS) is 10.4. The second-order valence-electron chi connectivity index (χ2n) is 3.62. The molecule has 0 fully saturated rings. The van der Waals surface area contributed by atoms with Gasteiger partial charge in [-0.1, -0.05) is 25.1 Å². The Morgan fingerprint density at radius 2 is 1.56 bits per heavy atom. The average molecular weight is 224 g/mol. The minimum absolute atomic E-state index is 0.566. The van der Waals surface area contributed by atoms with E-state index in [-0.39, 0.29) is 0 Å². The molecule has 3 nitrogen and oxygen atoms in total. The molecule has 0 aliphatic heterocycles. The maximum absolute atomic E-state index is 5.76. The Labute approximate surface area is 97.3 Å². The lowest BCUT2D eigenvalue weighted by Gasteiger charge is -2.14. The molecule has 0 spiro atoms. The van der Waals surface area contributed by atoms with E-state index >= 15 is 0 Å². The van der Waals surface area contributed by atoms with Gasteiger partial charge in [0.2, 0.25) is 0 Å². The third kappa shape index (κ3) is 3.51. The van der Waals surface area contributed by atoms with Crippen molar-refractivity contribution in [2.24, 2.45) is 0 Å². The molecule has 0 unspecified atom stereocenters. The fourth-order valence-electron chi connectivity index (χ4n) is 1.57. The van der Waals surface area contributed by atoms with Gasteiger partial charge < -0.3 is 14.2 Å². The Kier molecular flexibility index (Phi) is 5.90. The van der Waals surface area contributed by atoms with E-state index in [4.69, 9.17) is 14.2 Å². The fraction of sp³-hybridized carbons (Fsp3) is 0.538. The quantitative estimate of drug-likeness (QED) is 0.712. The van der Waals surface area contributed by atoms with Crippen molar-refractivity contribution in [3.63, 3.8) is 0 Å². The SMILES string of the molecule is CCCOc1c(COC)cccc1COC. The molecule has 0 amide bonds. The predicted octanol–water partition coefficient (Wildman–Crippen LogP) is 2.77. The van der Waals surface area contributed by atoms with E-state index in [1.54, 1.807) is 14.2 Å². The topological polar surface area (TPSA) is 27.7 Å². The van der Waals surface area contributed by atoms with Crippen LogP contribution in [-0.4, -0.2) is 20.8 Å². The highest BCUT2D eigenvalue weighted by atomic mass is 16.5. The summed E-state index contributed by atoms with van der Waals surface area (Å²) in [6, 6.07) is 6.04. The summed E-state index contributed by atoms with van der Waals surface area (Å²) in [6.07, 6.45) is 0.994. The molecule has 0 atom stereocenters. The van der Waals surface area contributed by atoms with Gasteiger partial charge in [-0.3, -0.25) is 0 Å². The Hall–Kier alpha value is -1.06. The molecule has 0 aliphatic rings. The predicted molar refractivity (Wildman–Crippen MR) is 63.7 cm³/mol. The van der Waals surface area contributed by atoms with Gasteiger partial charge in [-0.25, -0.2) is 0 Å². The van der Waals surface area contributed by atoms with Crippen LogP contribution in [0.2, 0.25) is 0 Å². The lowest BCUT2D eigenvalue weighted by Crippen LogP contribution is -2.04. The first-order valence-electron chi connectivity index (χ1n) is 5.54. The van der Waals surface area contributed by atoms with Gasteiger partial charge in [0.1, 0.15) is 5.75 Å². The van der Waals surface area contributed by atoms with Gasteiger partial charge in [-0.15, -0.1) is 0 Å². The molecule has 16 heavy (non-hydrogen) atoms. The third-order valence-corrected chi connectivity index (χ3v) is 2.23. The van der Waals surface area contributed by atoms with Crippen LogP contribution in [0.3, 0.4) is 0 Å². The summed E-state index contributed by atoms with van der Waals surface area (Å²) in [4.78, 5) is 0. The number of ether oxygens (including phenoxy) is 3. The van der Waals surface area contributed by atoms with Crippen LogP contribution in [0, 0.1) is 0 Å². The zero-order valence-corrected chi connectivity index (χ0v) is 10.3. The summed E-state index contributed by atoms with van der Waals surface area (Å²) in [6.45, 7) is 3.94. The van der Waals surface area contributed by atoms with Gasteiger partial charge in [0.25, 0.3) is 0 Å². The summed E-state index contributed by atoms with van der Waals surface area (Å²) in [5, 5.41) is 0. The highest BCUT2D eigenvalue weighted by Crippen LogP contribution is 2.25. The summed E-state index contributed by atoms with van der Waals surface area (Å²) < 4.78 is 16.1. The number of benzene rings is 1. The number of hydrogen-bond donors (Lipinski definition) is 0. The van der Waals surface area contributed by atoms with Gasteiger partial charge >= 0.3 is 0 Å². The van der Waals surface area contributed by atoms with Crippen LogP contribution < -0.4 is 4.74 Å². The Balaban J connectivity index is 2.92. The van der Waals surface area contributed by atoms with Crippen LogP contribution in [0.5, 0.6) is 5.75 Å². The standard InChI is InChI=1S/C13H20O3/c1-4-8-16-13-11(9-14-2)6-5-7-12(13)10-15-3/h5-7H,4,8-10H2,1-3H3. The molecule has 0 aliphatic carbocycles. The highest BCUT2D eigenvalue weighted by Gasteiger charge is 2.09. The van der Waals surface area contributed by atoms with Gasteiger partial charge in [0, 0.05) is 25.3 Å². The van der Waals surface area contributed by atoms with Crippen molar-refractivity contribution in [2.75, 3.05) is 20.8 Å². The molecule has 0 heterocycles. The Morgan fingerprint density at radius 3 is 2.00 bits per heavy atom. The van der Waals surface area contributed by atoms with Gasteiger partial charge in [-0.2, -0.15) is 0 Å². The molecule has 0 N–H and O–H groups in total. The van der Waals surface area contributed by atoms with Gasteiger partial charge in [0.05, 0.1) is 19.8 Å². The van der Waals surface area contributed by atoms with E-state index in [1.165, 1.54) is 0 Å². The molecule has 1 rings (SSSR count). The third-order valence-electron chi connectivity index (χ3n) is 2.23. The van der Waals surface area contributed by atoms with Crippen LogP contribution in [0.1, 0.15) is 24.5 Å². The van der Waals surface area contributed by atoms with E-state index in [9.17, 15) is 0 Å². The van der Waals surface area contributed by atoms with E-state index in [2.05, 4.69) is 6.92 Å². The molecule has 1 aromatic rings. The van der Waals surface area contributed by atoms with Gasteiger partial charge in [0.15, 0.2) is 0 Å². The summed E-state index contributed by atoms with van der Waals surface area (Å²) in [5.74, 6) is 0.910. The molecule has 0 saturated heterocycles.